The molecule has 6 nitrogen and oxygen atoms in total. The van der Waals surface area contributed by atoms with Gasteiger partial charge in [0.05, 0.1) is 0 Å². The van der Waals surface area contributed by atoms with Gasteiger partial charge in [-0.3, -0.25) is 20.4 Å². The molecule has 7 heteroatoms. The highest BCUT2D eigenvalue weighted by molar-refractivity contribution is 9.10. The summed E-state index contributed by atoms with van der Waals surface area (Å²) >= 11 is 3.10. The fraction of sp³-hybridized carbons (Fsp3) is 0.294. The summed E-state index contributed by atoms with van der Waals surface area (Å²) in [5.41, 5.74) is 5.60. The number of hydrogen-bond donors (Lipinski definition) is 2. The molecule has 0 bridgehead atoms. The molecule has 2 amide bonds. The van der Waals surface area contributed by atoms with E-state index in [1.807, 2.05) is 24.3 Å². The number of nitrogens with one attached hydrogen (secondary N) is 2. The van der Waals surface area contributed by atoms with E-state index in [9.17, 15) is 9.59 Å². The number of rotatable bonds is 6. The topological polar surface area (TPSA) is 80.6 Å². The third kappa shape index (κ3) is 4.86. The number of ether oxygens (including phenoxy) is 1. The van der Waals surface area contributed by atoms with Crippen molar-refractivity contribution in [1.82, 2.24) is 10.9 Å². The lowest BCUT2D eigenvalue weighted by atomic mass is 9.98. The SMILES string of the molecule is CCC(C)c1ccccc1OCC(=O)NNC(=O)c1ccc(Br)o1. The van der Waals surface area contributed by atoms with Crippen LogP contribution in [0.25, 0.3) is 0 Å². The maximum absolute atomic E-state index is 11.8. The fourth-order valence-electron chi connectivity index (χ4n) is 2.04. The zero-order valence-electron chi connectivity index (χ0n) is 13.5. The van der Waals surface area contributed by atoms with Crippen LogP contribution in [0.15, 0.2) is 45.5 Å². The van der Waals surface area contributed by atoms with Gasteiger partial charge in [0.1, 0.15) is 5.75 Å². The molecular formula is C17H19BrN2O4. The molecule has 1 aromatic heterocycles. The van der Waals surface area contributed by atoms with Crippen LogP contribution in [0.2, 0.25) is 0 Å². The summed E-state index contributed by atoms with van der Waals surface area (Å²) in [6.07, 6.45) is 0.974. The Morgan fingerprint density at radius 1 is 1.21 bits per heavy atom. The lowest BCUT2D eigenvalue weighted by molar-refractivity contribution is -0.123. The molecular weight excluding hydrogens is 376 g/mol. The predicted octanol–water partition coefficient (Wildman–Crippen LogP) is 3.40. The van der Waals surface area contributed by atoms with E-state index in [1.165, 1.54) is 6.07 Å². The van der Waals surface area contributed by atoms with Crippen molar-refractivity contribution >= 4 is 27.7 Å². The van der Waals surface area contributed by atoms with E-state index >= 15 is 0 Å². The number of furan rings is 1. The quantitative estimate of drug-likeness (QED) is 0.735. The molecule has 0 saturated carbocycles. The summed E-state index contributed by atoms with van der Waals surface area (Å²) in [6, 6.07) is 10.7. The summed E-state index contributed by atoms with van der Waals surface area (Å²) in [4.78, 5) is 23.6. The maximum atomic E-state index is 11.8. The number of benzene rings is 1. The highest BCUT2D eigenvalue weighted by Crippen LogP contribution is 2.28. The molecule has 0 saturated heterocycles. The minimum absolute atomic E-state index is 0.0882. The summed E-state index contributed by atoms with van der Waals surface area (Å²) in [6.45, 7) is 4.00. The van der Waals surface area contributed by atoms with Gasteiger partial charge >= 0.3 is 5.91 Å². The van der Waals surface area contributed by atoms with Crippen LogP contribution in [0.4, 0.5) is 0 Å². The molecule has 0 aliphatic heterocycles. The largest absolute Gasteiger partial charge is 0.483 e. The van der Waals surface area contributed by atoms with Crippen molar-refractivity contribution in [3.05, 3.63) is 52.4 Å². The molecule has 2 N–H and O–H groups in total. The number of hydrazine groups is 1. The highest BCUT2D eigenvalue weighted by atomic mass is 79.9. The van der Waals surface area contributed by atoms with E-state index in [2.05, 4.69) is 40.6 Å². The average molecular weight is 395 g/mol. The second-order valence-corrected chi connectivity index (χ2v) is 6.02. The van der Waals surface area contributed by atoms with Gasteiger partial charge in [-0.1, -0.05) is 32.0 Å². The van der Waals surface area contributed by atoms with Crippen LogP contribution in [0, 0.1) is 0 Å². The van der Waals surface area contributed by atoms with Gasteiger partial charge in [0.2, 0.25) is 0 Å². The second-order valence-electron chi connectivity index (χ2n) is 5.24. The minimum Gasteiger partial charge on any atom is -0.483 e. The van der Waals surface area contributed by atoms with Crippen LogP contribution in [-0.4, -0.2) is 18.4 Å². The molecule has 1 heterocycles. The van der Waals surface area contributed by atoms with E-state index in [0.717, 1.165) is 12.0 Å². The number of halogens is 1. The summed E-state index contributed by atoms with van der Waals surface area (Å²) in [5, 5.41) is 0. The van der Waals surface area contributed by atoms with Gasteiger partial charge in [0, 0.05) is 0 Å². The van der Waals surface area contributed by atoms with Crippen molar-refractivity contribution in [2.75, 3.05) is 6.61 Å². The van der Waals surface area contributed by atoms with Gasteiger partial charge in [-0.05, 0) is 52.0 Å². The smallest absolute Gasteiger partial charge is 0.305 e. The Morgan fingerprint density at radius 2 is 1.96 bits per heavy atom. The van der Waals surface area contributed by atoms with E-state index in [4.69, 9.17) is 9.15 Å². The van der Waals surface area contributed by atoms with E-state index in [0.29, 0.717) is 16.3 Å². The minimum atomic E-state index is -0.547. The monoisotopic (exact) mass is 394 g/mol. The zero-order valence-corrected chi connectivity index (χ0v) is 15.1. The highest BCUT2D eigenvalue weighted by Gasteiger charge is 2.13. The van der Waals surface area contributed by atoms with Crippen LogP contribution in [0.3, 0.4) is 0 Å². The standard InChI is InChI=1S/C17H19BrN2O4/c1-3-11(2)12-6-4-5-7-13(12)23-10-16(21)19-20-17(22)14-8-9-15(18)24-14/h4-9,11H,3,10H2,1-2H3,(H,19,21)(H,20,22). The molecule has 2 aromatic rings. The van der Waals surface area contributed by atoms with E-state index in [-0.39, 0.29) is 12.4 Å². The summed E-state index contributed by atoms with van der Waals surface area (Å²) < 4.78 is 11.1. The molecule has 1 aromatic carbocycles. The van der Waals surface area contributed by atoms with E-state index in [1.54, 1.807) is 6.07 Å². The molecule has 0 radical (unpaired) electrons. The molecule has 0 aliphatic rings. The van der Waals surface area contributed by atoms with Gasteiger partial charge in [-0.2, -0.15) is 0 Å². The van der Waals surface area contributed by atoms with Crippen LogP contribution >= 0.6 is 15.9 Å². The Balaban J connectivity index is 1.84. The summed E-state index contributed by atoms with van der Waals surface area (Å²) in [7, 11) is 0. The molecule has 24 heavy (non-hydrogen) atoms. The number of carbonyl (C=O) groups is 2. The van der Waals surface area contributed by atoms with Crippen LogP contribution in [0.5, 0.6) is 5.75 Å². The Kier molecular flexibility index (Phi) is 6.43. The van der Waals surface area contributed by atoms with Gasteiger partial charge < -0.3 is 9.15 Å². The van der Waals surface area contributed by atoms with E-state index < -0.39 is 11.8 Å². The summed E-state index contributed by atoms with van der Waals surface area (Å²) in [5.74, 6) is 0.0804. The van der Waals surface area contributed by atoms with Crippen LogP contribution in [0.1, 0.15) is 42.3 Å². The first-order valence-corrected chi connectivity index (χ1v) is 8.36. The van der Waals surface area contributed by atoms with Crippen molar-refractivity contribution in [3.8, 4) is 5.75 Å². The Labute approximate surface area is 148 Å². The third-order valence-electron chi connectivity index (χ3n) is 3.53. The molecule has 0 aliphatic carbocycles. The van der Waals surface area contributed by atoms with Crippen molar-refractivity contribution in [2.45, 2.75) is 26.2 Å². The zero-order chi connectivity index (χ0) is 17.5. The predicted molar refractivity (Wildman–Crippen MR) is 92.7 cm³/mol. The van der Waals surface area contributed by atoms with Gasteiger partial charge in [0.25, 0.3) is 5.91 Å². The van der Waals surface area contributed by atoms with Crippen molar-refractivity contribution in [1.29, 1.82) is 0 Å². The number of para-hydroxylation sites is 1. The van der Waals surface area contributed by atoms with Gasteiger partial charge in [-0.25, -0.2) is 0 Å². The van der Waals surface area contributed by atoms with Crippen molar-refractivity contribution in [2.24, 2.45) is 0 Å². The maximum Gasteiger partial charge on any atom is 0.305 e. The molecule has 128 valence electrons. The lowest BCUT2D eigenvalue weighted by Gasteiger charge is -2.15. The molecule has 1 unspecified atom stereocenters. The van der Waals surface area contributed by atoms with Crippen LogP contribution in [-0.2, 0) is 4.79 Å². The Bertz CT molecular complexity index is 714. The lowest BCUT2D eigenvalue weighted by Crippen LogP contribution is -2.43. The number of amides is 2. The Hall–Kier alpha value is -2.28. The normalized spacial score (nSPS) is 11.6. The van der Waals surface area contributed by atoms with Crippen molar-refractivity contribution in [3.63, 3.8) is 0 Å². The van der Waals surface area contributed by atoms with Gasteiger partial charge in [-0.15, -0.1) is 0 Å². The first kappa shape index (κ1) is 18.1. The average Bonchev–Trinajstić information content (AvgIpc) is 3.04. The fourth-order valence-corrected chi connectivity index (χ4v) is 2.35. The van der Waals surface area contributed by atoms with Crippen LogP contribution < -0.4 is 15.6 Å². The second kappa shape index (κ2) is 8.54. The third-order valence-corrected chi connectivity index (χ3v) is 3.96. The number of carbonyl (C=O) groups excluding carboxylic acids is 2. The molecule has 0 fully saturated rings. The van der Waals surface area contributed by atoms with Gasteiger partial charge in [0.15, 0.2) is 17.0 Å². The first-order chi connectivity index (χ1) is 11.5. The van der Waals surface area contributed by atoms with Crippen molar-refractivity contribution < 1.29 is 18.7 Å². The molecule has 2 rings (SSSR count). The first-order valence-electron chi connectivity index (χ1n) is 7.57. The molecule has 0 spiro atoms. The molecule has 1 atom stereocenters. The number of hydrogen-bond acceptors (Lipinski definition) is 4. The Morgan fingerprint density at radius 3 is 2.62 bits per heavy atom.